The van der Waals surface area contributed by atoms with Crippen molar-refractivity contribution in [1.29, 1.82) is 0 Å². The van der Waals surface area contributed by atoms with E-state index < -0.39 is 0 Å². The largest absolute Gasteiger partial charge is 0.144 e. The highest BCUT2D eigenvalue weighted by atomic mass is 79.9. The Hall–Kier alpha value is -0.830. The number of benzene rings is 2. The summed E-state index contributed by atoms with van der Waals surface area (Å²) in [6.07, 6.45) is 2.09. The quantitative estimate of drug-likeness (QED) is 0.453. The monoisotopic (exact) mass is 378 g/mol. The molecule has 0 bridgehead atoms. The Kier molecular flexibility index (Phi) is 4.99. The maximum absolute atomic E-state index is 6.29. The van der Waals surface area contributed by atoms with E-state index in [0.29, 0.717) is 5.92 Å². The highest BCUT2D eigenvalue weighted by Gasteiger charge is 2.14. The van der Waals surface area contributed by atoms with E-state index in [0.717, 1.165) is 23.2 Å². The minimum atomic E-state index is 0.558. The molecular weight excluding hydrogens is 364 g/mol. The highest BCUT2D eigenvalue weighted by molar-refractivity contribution is 9.09. The molecule has 0 fully saturated rings. The van der Waals surface area contributed by atoms with Crippen molar-refractivity contribution < 1.29 is 0 Å². The van der Waals surface area contributed by atoms with E-state index in [-0.39, 0.29) is 0 Å². The molecule has 0 saturated carbocycles. The van der Waals surface area contributed by atoms with E-state index in [9.17, 15) is 0 Å². The smallest absolute Gasteiger partial charge is 0.0438 e. The molecule has 2 aromatic carbocycles. The number of halogens is 2. The molecule has 0 aliphatic rings. The van der Waals surface area contributed by atoms with Crippen LogP contribution in [-0.2, 0) is 12.8 Å². The zero-order chi connectivity index (χ0) is 14.7. The summed E-state index contributed by atoms with van der Waals surface area (Å²) in [5, 5.41) is 5.56. The van der Waals surface area contributed by atoms with Gasteiger partial charge in [-0.3, -0.25) is 0 Å². The normalized spacial score (nSPS) is 12.7. The van der Waals surface area contributed by atoms with Gasteiger partial charge in [0, 0.05) is 15.1 Å². The third kappa shape index (κ3) is 3.50. The molecule has 0 nitrogen and oxygen atoms in total. The lowest BCUT2D eigenvalue weighted by atomic mass is 9.94. The van der Waals surface area contributed by atoms with Gasteiger partial charge in [-0.1, -0.05) is 63.9 Å². The molecule has 3 aromatic rings. The maximum Gasteiger partial charge on any atom is 0.0438 e. The number of rotatable bonds is 5. The molecule has 0 N–H and O–H groups in total. The van der Waals surface area contributed by atoms with Crippen LogP contribution >= 0.6 is 38.9 Å². The molecule has 1 atom stereocenters. The van der Waals surface area contributed by atoms with Crippen molar-refractivity contribution in [3.8, 4) is 0 Å². The molecule has 0 radical (unpaired) electrons. The fourth-order valence-corrected chi connectivity index (χ4v) is 4.30. The lowest BCUT2D eigenvalue weighted by molar-refractivity contribution is 0.594. The van der Waals surface area contributed by atoms with Crippen LogP contribution in [0, 0.1) is 5.92 Å². The SMILES string of the molecule is Clc1ccccc1CC(CBr)Cc1csc2ccccc12. The third-order valence-corrected chi connectivity index (χ3v) is 6.05. The topological polar surface area (TPSA) is 0 Å². The van der Waals surface area contributed by atoms with Gasteiger partial charge in [0.1, 0.15) is 0 Å². The molecule has 0 aliphatic heterocycles. The van der Waals surface area contributed by atoms with Gasteiger partial charge in [-0.15, -0.1) is 11.3 Å². The lowest BCUT2D eigenvalue weighted by Crippen LogP contribution is -2.10. The minimum Gasteiger partial charge on any atom is -0.144 e. The molecule has 3 rings (SSSR count). The van der Waals surface area contributed by atoms with E-state index in [2.05, 4.69) is 57.7 Å². The van der Waals surface area contributed by atoms with Gasteiger partial charge in [0.15, 0.2) is 0 Å². The predicted octanol–water partition coefficient (Wildman–Crippen LogP) is 6.35. The van der Waals surface area contributed by atoms with Gasteiger partial charge in [-0.25, -0.2) is 0 Å². The Balaban J connectivity index is 1.80. The van der Waals surface area contributed by atoms with E-state index in [1.54, 1.807) is 0 Å². The number of hydrogen-bond acceptors (Lipinski definition) is 1. The van der Waals surface area contributed by atoms with Crippen LogP contribution in [0.4, 0.5) is 0 Å². The van der Waals surface area contributed by atoms with Gasteiger partial charge in [0.25, 0.3) is 0 Å². The summed E-state index contributed by atoms with van der Waals surface area (Å²) in [4.78, 5) is 0. The summed E-state index contributed by atoms with van der Waals surface area (Å²) >= 11 is 11.8. The second-order valence-electron chi connectivity index (χ2n) is 5.28. The Morgan fingerprint density at radius 3 is 2.48 bits per heavy atom. The van der Waals surface area contributed by atoms with Crippen molar-refractivity contribution in [2.24, 2.45) is 5.92 Å². The first kappa shape index (κ1) is 15.1. The molecular formula is C18H16BrClS. The average Bonchev–Trinajstić information content (AvgIpc) is 2.92. The summed E-state index contributed by atoms with van der Waals surface area (Å²) in [5.41, 5.74) is 2.69. The van der Waals surface area contributed by atoms with Gasteiger partial charge >= 0.3 is 0 Å². The molecule has 0 amide bonds. The van der Waals surface area contributed by atoms with Crippen LogP contribution in [0.1, 0.15) is 11.1 Å². The first-order valence-corrected chi connectivity index (χ1v) is 9.40. The number of hydrogen-bond donors (Lipinski definition) is 0. The second kappa shape index (κ2) is 6.95. The van der Waals surface area contributed by atoms with Crippen molar-refractivity contribution in [3.63, 3.8) is 0 Å². The molecule has 1 unspecified atom stereocenters. The minimum absolute atomic E-state index is 0.558. The Morgan fingerprint density at radius 2 is 1.67 bits per heavy atom. The van der Waals surface area contributed by atoms with Gasteiger partial charge in [0.2, 0.25) is 0 Å². The number of alkyl halides is 1. The van der Waals surface area contributed by atoms with Crippen molar-refractivity contribution in [2.75, 3.05) is 5.33 Å². The van der Waals surface area contributed by atoms with Gasteiger partial charge in [-0.2, -0.15) is 0 Å². The van der Waals surface area contributed by atoms with Crippen LogP contribution in [-0.4, -0.2) is 5.33 Å². The standard InChI is InChI=1S/C18H16BrClS/c19-11-13(9-14-5-1-3-7-17(14)20)10-15-12-21-18-8-4-2-6-16(15)18/h1-8,12-13H,9-11H2. The average molecular weight is 380 g/mol. The second-order valence-corrected chi connectivity index (χ2v) is 7.24. The first-order valence-electron chi connectivity index (χ1n) is 7.02. The number of thiophene rings is 1. The zero-order valence-corrected chi connectivity index (χ0v) is 14.7. The van der Waals surface area contributed by atoms with E-state index >= 15 is 0 Å². The van der Waals surface area contributed by atoms with Gasteiger partial charge in [-0.05, 0) is 52.8 Å². The molecule has 108 valence electrons. The first-order chi connectivity index (χ1) is 10.3. The van der Waals surface area contributed by atoms with E-state index in [1.165, 1.54) is 21.2 Å². The van der Waals surface area contributed by atoms with Gasteiger partial charge in [0.05, 0.1) is 0 Å². The van der Waals surface area contributed by atoms with Crippen LogP contribution in [0.2, 0.25) is 5.02 Å². The van der Waals surface area contributed by atoms with Gasteiger partial charge < -0.3 is 0 Å². The summed E-state index contributed by atoms with van der Waals surface area (Å²) in [6, 6.07) is 16.8. The lowest BCUT2D eigenvalue weighted by Gasteiger charge is -2.14. The molecule has 0 saturated heterocycles. The van der Waals surface area contributed by atoms with Crippen molar-refractivity contribution in [2.45, 2.75) is 12.8 Å². The summed E-state index contributed by atoms with van der Waals surface area (Å²) in [6.45, 7) is 0. The Morgan fingerprint density at radius 1 is 0.952 bits per heavy atom. The number of fused-ring (bicyclic) bond motifs is 1. The van der Waals surface area contributed by atoms with Crippen LogP contribution in [0.25, 0.3) is 10.1 Å². The van der Waals surface area contributed by atoms with E-state index in [1.807, 2.05) is 23.5 Å². The Labute approximate surface area is 142 Å². The van der Waals surface area contributed by atoms with Crippen molar-refractivity contribution in [3.05, 3.63) is 70.1 Å². The highest BCUT2D eigenvalue weighted by Crippen LogP contribution is 2.29. The van der Waals surface area contributed by atoms with Crippen molar-refractivity contribution in [1.82, 2.24) is 0 Å². The predicted molar refractivity (Wildman–Crippen MR) is 98.0 cm³/mol. The van der Waals surface area contributed by atoms with Crippen LogP contribution in [0.15, 0.2) is 53.9 Å². The third-order valence-electron chi connectivity index (χ3n) is 3.75. The van der Waals surface area contributed by atoms with Crippen LogP contribution in [0.5, 0.6) is 0 Å². The summed E-state index contributed by atoms with van der Waals surface area (Å²) in [5.74, 6) is 0.558. The summed E-state index contributed by atoms with van der Waals surface area (Å²) in [7, 11) is 0. The van der Waals surface area contributed by atoms with E-state index in [4.69, 9.17) is 11.6 Å². The Bertz CT molecular complexity index is 735. The molecule has 0 spiro atoms. The fourth-order valence-electron chi connectivity index (χ4n) is 2.66. The zero-order valence-electron chi connectivity index (χ0n) is 11.6. The molecule has 21 heavy (non-hydrogen) atoms. The molecule has 1 aromatic heterocycles. The van der Waals surface area contributed by atoms with Crippen molar-refractivity contribution >= 4 is 49.0 Å². The molecule has 3 heteroatoms. The van der Waals surface area contributed by atoms with Crippen LogP contribution < -0.4 is 0 Å². The summed E-state index contributed by atoms with van der Waals surface area (Å²) < 4.78 is 1.37. The van der Waals surface area contributed by atoms with Crippen LogP contribution in [0.3, 0.4) is 0 Å². The maximum atomic E-state index is 6.29. The molecule has 1 heterocycles. The fraction of sp³-hybridized carbons (Fsp3) is 0.222. The molecule has 0 aliphatic carbocycles.